The molecule has 1 heterocycles. The monoisotopic (exact) mass is 237 g/mol. The maximum atomic E-state index is 11.2. The second kappa shape index (κ2) is 6.47. The molecular formula is C11H15N3O3. The highest BCUT2D eigenvalue weighted by molar-refractivity contribution is 5.87. The molecule has 0 aromatic carbocycles. The number of pyridine rings is 1. The smallest absolute Gasteiger partial charge is 0.335 e. The summed E-state index contributed by atoms with van der Waals surface area (Å²) >= 11 is 0. The lowest BCUT2D eigenvalue weighted by Gasteiger charge is -2.06. The lowest BCUT2D eigenvalue weighted by molar-refractivity contribution is 0.0696. The van der Waals surface area contributed by atoms with Gasteiger partial charge in [0.25, 0.3) is 0 Å². The van der Waals surface area contributed by atoms with Gasteiger partial charge in [-0.15, -0.1) is 0 Å². The largest absolute Gasteiger partial charge is 0.478 e. The summed E-state index contributed by atoms with van der Waals surface area (Å²) in [5.74, 6) is -1.01. The molecule has 0 saturated heterocycles. The number of carbonyl (C=O) groups is 2. The number of carboxylic acid groups (broad SMARTS) is 1. The lowest BCUT2D eigenvalue weighted by atomic mass is 10.2. The molecular weight excluding hydrogens is 222 g/mol. The molecule has 0 radical (unpaired) electrons. The van der Waals surface area contributed by atoms with Crippen LogP contribution in [-0.2, 0) is 6.54 Å². The zero-order chi connectivity index (χ0) is 12.7. The Bertz CT molecular complexity index is 407. The Morgan fingerprint density at radius 3 is 2.82 bits per heavy atom. The van der Waals surface area contributed by atoms with Gasteiger partial charge < -0.3 is 15.7 Å². The number of hydrogen-bond donors (Lipinski definition) is 3. The van der Waals surface area contributed by atoms with Crippen molar-refractivity contribution in [3.63, 3.8) is 0 Å². The van der Waals surface area contributed by atoms with Crippen LogP contribution in [0.5, 0.6) is 0 Å². The third-order valence-electron chi connectivity index (χ3n) is 2.03. The molecule has 0 aliphatic carbocycles. The van der Waals surface area contributed by atoms with Gasteiger partial charge in [-0.05, 0) is 18.6 Å². The normalized spacial score (nSPS) is 9.71. The number of aromatic carboxylic acids is 1. The van der Waals surface area contributed by atoms with Gasteiger partial charge in [0, 0.05) is 12.7 Å². The first kappa shape index (κ1) is 13.0. The van der Waals surface area contributed by atoms with E-state index in [4.69, 9.17) is 5.11 Å². The molecule has 1 aromatic rings. The van der Waals surface area contributed by atoms with E-state index in [0.29, 0.717) is 12.2 Å². The van der Waals surface area contributed by atoms with Crippen molar-refractivity contribution in [2.24, 2.45) is 0 Å². The summed E-state index contributed by atoms with van der Waals surface area (Å²) in [7, 11) is 0. The van der Waals surface area contributed by atoms with Crippen LogP contribution in [-0.4, -0.2) is 28.6 Å². The number of aromatic nitrogens is 1. The van der Waals surface area contributed by atoms with Crippen LogP contribution in [0.2, 0.25) is 0 Å². The van der Waals surface area contributed by atoms with Crippen LogP contribution >= 0.6 is 0 Å². The molecule has 1 rings (SSSR count). The van der Waals surface area contributed by atoms with E-state index in [1.165, 1.54) is 18.3 Å². The first-order chi connectivity index (χ1) is 8.13. The first-order valence-corrected chi connectivity index (χ1v) is 5.33. The van der Waals surface area contributed by atoms with E-state index in [1.54, 1.807) is 0 Å². The Kier molecular flexibility index (Phi) is 4.93. The fourth-order valence-corrected chi connectivity index (χ4v) is 1.18. The summed E-state index contributed by atoms with van der Waals surface area (Å²) in [5.41, 5.74) is 0.669. The summed E-state index contributed by atoms with van der Waals surface area (Å²) in [6.07, 6.45) is 2.27. The van der Waals surface area contributed by atoms with Crippen LogP contribution in [0.15, 0.2) is 18.3 Å². The predicted molar refractivity (Wildman–Crippen MR) is 61.7 cm³/mol. The van der Waals surface area contributed by atoms with E-state index < -0.39 is 5.97 Å². The predicted octanol–water partition coefficient (Wildman–Crippen LogP) is 0.989. The number of carbonyl (C=O) groups excluding carboxylic acids is 1. The highest BCUT2D eigenvalue weighted by Crippen LogP contribution is 2.01. The molecule has 0 aliphatic rings. The van der Waals surface area contributed by atoms with Crippen LogP contribution < -0.4 is 10.6 Å². The van der Waals surface area contributed by atoms with Gasteiger partial charge in [-0.3, -0.25) is 4.98 Å². The molecule has 2 amide bonds. The summed E-state index contributed by atoms with van der Waals surface area (Å²) in [6, 6.07) is 2.56. The lowest BCUT2D eigenvalue weighted by Crippen LogP contribution is -2.35. The van der Waals surface area contributed by atoms with Gasteiger partial charge in [-0.1, -0.05) is 6.92 Å². The second-order valence-corrected chi connectivity index (χ2v) is 3.45. The Balaban J connectivity index is 2.49. The van der Waals surface area contributed by atoms with E-state index in [2.05, 4.69) is 15.6 Å². The van der Waals surface area contributed by atoms with Crippen molar-refractivity contribution in [2.45, 2.75) is 19.9 Å². The molecule has 0 unspecified atom stereocenters. The molecule has 6 heteroatoms. The zero-order valence-electron chi connectivity index (χ0n) is 9.56. The van der Waals surface area contributed by atoms with Crippen molar-refractivity contribution in [3.8, 4) is 0 Å². The molecule has 0 saturated carbocycles. The maximum absolute atomic E-state index is 11.2. The van der Waals surface area contributed by atoms with Crippen LogP contribution in [0.25, 0.3) is 0 Å². The van der Waals surface area contributed by atoms with Gasteiger partial charge >= 0.3 is 12.0 Å². The second-order valence-electron chi connectivity index (χ2n) is 3.45. The van der Waals surface area contributed by atoms with Gasteiger partial charge in [-0.2, -0.15) is 0 Å². The molecule has 0 aliphatic heterocycles. The van der Waals surface area contributed by atoms with Crippen LogP contribution in [0, 0.1) is 0 Å². The van der Waals surface area contributed by atoms with Crippen molar-refractivity contribution < 1.29 is 14.7 Å². The van der Waals surface area contributed by atoms with Gasteiger partial charge in [0.2, 0.25) is 0 Å². The minimum absolute atomic E-state index is 0.158. The van der Waals surface area contributed by atoms with Crippen molar-refractivity contribution in [2.75, 3.05) is 6.54 Å². The van der Waals surface area contributed by atoms with Crippen molar-refractivity contribution in [1.82, 2.24) is 15.6 Å². The standard InChI is InChI=1S/C11H15N3O3/c1-2-4-13-11(17)14-7-9-6-8(10(15)16)3-5-12-9/h3,5-6H,2,4,7H2,1H3,(H,15,16)(H2,13,14,17). The van der Waals surface area contributed by atoms with Crippen molar-refractivity contribution in [3.05, 3.63) is 29.6 Å². The first-order valence-electron chi connectivity index (χ1n) is 5.33. The third-order valence-corrected chi connectivity index (χ3v) is 2.03. The molecule has 0 spiro atoms. The quantitative estimate of drug-likeness (QED) is 0.712. The molecule has 0 bridgehead atoms. The van der Waals surface area contributed by atoms with Gasteiger partial charge in [0.15, 0.2) is 0 Å². The van der Waals surface area contributed by atoms with Crippen LogP contribution in [0.1, 0.15) is 29.4 Å². The molecule has 17 heavy (non-hydrogen) atoms. The van der Waals surface area contributed by atoms with Gasteiger partial charge in [-0.25, -0.2) is 9.59 Å². The number of urea groups is 1. The Hall–Kier alpha value is -2.11. The average Bonchev–Trinajstić information content (AvgIpc) is 2.34. The van der Waals surface area contributed by atoms with E-state index >= 15 is 0 Å². The fourth-order valence-electron chi connectivity index (χ4n) is 1.18. The minimum Gasteiger partial charge on any atom is -0.478 e. The number of nitrogens with zero attached hydrogens (tertiary/aromatic N) is 1. The summed E-state index contributed by atoms with van der Waals surface area (Å²) < 4.78 is 0. The van der Waals surface area contributed by atoms with Crippen LogP contribution in [0.3, 0.4) is 0 Å². The highest BCUT2D eigenvalue weighted by Gasteiger charge is 2.05. The average molecular weight is 237 g/mol. The van der Waals surface area contributed by atoms with Gasteiger partial charge in [0.1, 0.15) is 0 Å². The Morgan fingerprint density at radius 2 is 2.18 bits per heavy atom. The van der Waals surface area contributed by atoms with Crippen molar-refractivity contribution in [1.29, 1.82) is 0 Å². The Labute approximate surface area is 99.1 Å². The Morgan fingerprint density at radius 1 is 1.41 bits per heavy atom. The number of nitrogens with one attached hydrogen (secondary N) is 2. The molecule has 1 aromatic heterocycles. The SMILES string of the molecule is CCCNC(=O)NCc1cc(C(=O)O)ccn1. The number of carboxylic acids is 1. The molecule has 3 N–H and O–H groups in total. The molecule has 0 atom stereocenters. The number of rotatable bonds is 5. The molecule has 6 nitrogen and oxygen atoms in total. The fraction of sp³-hybridized carbons (Fsp3) is 0.364. The topological polar surface area (TPSA) is 91.3 Å². The zero-order valence-corrected chi connectivity index (χ0v) is 9.56. The van der Waals surface area contributed by atoms with Crippen molar-refractivity contribution >= 4 is 12.0 Å². The summed E-state index contributed by atoms with van der Waals surface area (Å²) in [4.78, 5) is 25.9. The summed E-state index contributed by atoms with van der Waals surface area (Å²) in [6.45, 7) is 2.77. The van der Waals surface area contributed by atoms with E-state index in [0.717, 1.165) is 6.42 Å². The van der Waals surface area contributed by atoms with E-state index in [9.17, 15) is 9.59 Å². The molecule has 0 fully saturated rings. The molecule has 92 valence electrons. The number of amides is 2. The third kappa shape index (κ3) is 4.50. The van der Waals surface area contributed by atoms with E-state index in [1.807, 2.05) is 6.92 Å². The maximum Gasteiger partial charge on any atom is 0.335 e. The van der Waals surface area contributed by atoms with Gasteiger partial charge in [0.05, 0.1) is 17.8 Å². The van der Waals surface area contributed by atoms with E-state index in [-0.39, 0.29) is 18.1 Å². The minimum atomic E-state index is -1.01. The number of hydrogen-bond acceptors (Lipinski definition) is 3. The summed E-state index contributed by atoms with van der Waals surface area (Å²) in [5, 5.41) is 14.0. The highest BCUT2D eigenvalue weighted by atomic mass is 16.4. The van der Waals surface area contributed by atoms with Crippen LogP contribution in [0.4, 0.5) is 4.79 Å².